The Morgan fingerprint density at radius 1 is 1.09 bits per heavy atom. The monoisotopic (exact) mass is 511 g/mol. The van der Waals surface area contributed by atoms with E-state index in [2.05, 4.69) is 26.1 Å². The zero-order chi connectivity index (χ0) is 24.9. The van der Waals surface area contributed by atoms with Gasteiger partial charge in [0.2, 0.25) is 11.0 Å². The lowest BCUT2D eigenvalue weighted by molar-refractivity contribution is -0.137. The van der Waals surface area contributed by atoms with Gasteiger partial charge in [-0.15, -0.1) is 10.2 Å². The Morgan fingerprint density at radius 2 is 1.82 bits per heavy atom. The fourth-order valence-electron chi connectivity index (χ4n) is 2.98. The summed E-state index contributed by atoms with van der Waals surface area (Å²) in [7, 11) is 0. The molecule has 0 aliphatic rings. The number of urea groups is 1. The minimum atomic E-state index is -4.54. The third kappa shape index (κ3) is 6.67. The molecular weight excluding hydrogens is 491 g/mol. The van der Waals surface area contributed by atoms with Crippen molar-refractivity contribution in [2.75, 3.05) is 10.6 Å². The number of hydrogen-bond donors (Lipinski definition) is 3. The normalized spacial score (nSPS) is 13.1. The van der Waals surface area contributed by atoms with Crippen LogP contribution in [0.5, 0.6) is 0 Å². The van der Waals surface area contributed by atoms with Gasteiger partial charge in [0.25, 0.3) is 0 Å². The second kappa shape index (κ2) is 10.8. The number of anilines is 2. The Morgan fingerprint density at radius 3 is 2.50 bits per heavy atom. The number of nitrogens with one attached hydrogen (secondary N) is 3. The Hall–Kier alpha value is -3.18. The number of hydrogen-bond acceptors (Lipinski definition) is 5. The first-order valence-electron chi connectivity index (χ1n) is 10.2. The highest BCUT2D eigenvalue weighted by Gasteiger charge is 2.31. The van der Waals surface area contributed by atoms with Crippen molar-refractivity contribution in [2.24, 2.45) is 5.92 Å². The number of carbonyl (C=O) groups is 2. The van der Waals surface area contributed by atoms with Gasteiger partial charge in [-0.2, -0.15) is 13.2 Å². The van der Waals surface area contributed by atoms with E-state index in [1.807, 2.05) is 6.92 Å². The molecule has 0 saturated carbocycles. The first kappa shape index (κ1) is 25.4. The average molecular weight is 512 g/mol. The molecule has 0 radical (unpaired) electrons. The van der Waals surface area contributed by atoms with Gasteiger partial charge in [-0.1, -0.05) is 61.4 Å². The van der Waals surface area contributed by atoms with E-state index in [0.717, 1.165) is 29.0 Å². The van der Waals surface area contributed by atoms with Crippen molar-refractivity contribution < 1.29 is 22.8 Å². The van der Waals surface area contributed by atoms with Crippen LogP contribution in [0.1, 0.15) is 25.8 Å². The molecule has 34 heavy (non-hydrogen) atoms. The minimum absolute atomic E-state index is 0.0501. The lowest BCUT2D eigenvalue weighted by atomic mass is 9.98. The molecule has 0 fully saturated rings. The zero-order valence-electron chi connectivity index (χ0n) is 18.1. The first-order valence-corrected chi connectivity index (χ1v) is 11.4. The standard InChI is InChI=1S/C22H21ClF3N5O2S/c1-3-12(2)17(28-20(33)27-16-9-5-7-14(11-16)22(24,25)26)18(32)29-21-31-30-19(34-21)13-6-4-8-15(23)10-13/h4-12,17H,3H2,1-2H3,(H2,27,28,33)(H,29,31,32)/t12-,17+/m0/s1. The van der Waals surface area contributed by atoms with Crippen molar-refractivity contribution in [1.82, 2.24) is 15.5 Å². The van der Waals surface area contributed by atoms with Crippen molar-refractivity contribution in [3.05, 3.63) is 59.1 Å². The van der Waals surface area contributed by atoms with Crippen molar-refractivity contribution >= 4 is 45.7 Å². The highest BCUT2D eigenvalue weighted by Crippen LogP contribution is 2.31. The molecule has 3 N–H and O–H groups in total. The SMILES string of the molecule is CC[C@H](C)[C@@H](NC(=O)Nc1cccc(C(F)(F)F)c1)C(=O)Nc1nnc(-c2cccc(Cl)c2)s1. The molecule has 2 atom stereocenters. The maximum absolute atomic E-state index is 12.9. The van der Waals surface area contributed by atoms with Crippen LogP contribution < -0.4 is 16.0 Å². The van der Waals surface area contributed by atoms with E-state index in [1.54, 1.807) is 31.2 Å². The maximum Gasteiger partial charge on any atom is 0.416 e. The minimum Gasteiger partial charge on any atom is -0.326 e. The fraction of sp³-hybridized carbons (Fsp3) is 0.273. The number of alkyl halides is 3. The number of aromatic nitrogens is 2. The van der Waals surface area contributed by atoms with Crippen molar-refractivity contribution in [2.45, 2.75) is 32.5 Å². The predicted octanol–water partition coefficient (Wildman–Crippen LogP) is 6.05. The molecule has 0 spiro atoms. The molecule has 2 aromatic carbocycles. The smallest absolute Gasteiger partial charge is 0.326 e. The highest BCUT2D eigenvalue weighted by atomic mass is 35.5. The van der Waals surface area contributed by atoms with Crippen molar-refractivity contribution in [3.63, 3.8) is 0 Å². The van der Waals surface area contributed by atoms with E-state index in [0.29, 0.717) is 16.5 Å². The van der Waals surface area contributed by atoms with Gasteiger partial charge in [-0.25, -0.2) is 4.79 Å². The lowest BCUT2D eigenvalue weighted by Crippen LogP contribution is -2.49. The Bertz CT molecular complexity index is 1170. The second-order valence-electron chi connectivity index (χ2n) is 7.45. The molecule has 0 aliphatic carbocycles. The molecular formula is C22H21ClF3N5O2S. The summed E-state index contributed by atoms with van der Waals surface area (Å²) in [6, 6.07) is 9.47. The van der Waals surface area contributed by atoms with Gasteiger partial charge in [0.1, 0.15) is 11.0 Å². The molecule has 3 rings (SSSR count). The molecule has 0 unspecified atom stereocenters. The van der Waals surface area contributed by atoms with Gasteiger partial charge in [0.15, 0.2) is 0 Å². The average Bonchev–Trinajstić information content (AvgIpc) is 3.25. The molecule has 1 aromatic heterocycles. The van der Waals surface area contributed by atoms with E-state index < -0.39 is 29.7 Å². The van der Waals surface area contributed by atoms with E-state index >= 15 is 0 Å². The van der Waals surface area contributed by atoms with Crippen LogP contribution in [0.4, 0.5) is 28.8 Å². The number of amides is 3. The van der Waals surface area contributed by atoms with Crippen LogP contribution in [0, 0.1) is 5.92 Å². The maximum atomic E-state index is 12.9. The lowest BCUT2D eigenvalue weighted by Gasteiger charge is -2.23. The molecule has 180 valence electrons. The molecule has 12 heteroatoms. The number of benzene rings is 2. The van der Waals surface area contributed by atoms with E-state index in [9.17, 15) is 22.8 Å². The van der Waals surface area contributed by atoms with Gasteiger partial charge in [-0.3, -0.25) is 10.1 Å². The Kier molecular flexibility index (Phi) is 8.11. The van der Waals surface area contributed by atoms with E-state index in [-0.39, 0.29) is 16.7 Å². The zero-order valence-corrected chi connectivity index (χ0v) is 19.7. The van der Waals surface area contributed by atoms with Crippen LogP contribution >= 0.6 is 22.9 Å². The summed E-state index contributed by atoms with van der Waals surface area (Å²) in [4.78, 5) is 25.4. The van der Waals surface area contributed by atoms with Crippen LogP contribution in [0.15, 0.2) is 48.5 Å². The van der Waals surface area contributed by atoms with Gasteiger partial charge >= 0.3 is 12.2 Å². The van der Waals surface area contributed by atoms with Gasteiger partial charge in [-0.05, 0) is 36.2 Å². The van der Waals surface area contributed by atoms with Crippen molar-refractivity contribution in [3.8, 4) is 10.6 Å². The molecule has 3 amide bonds. The summed E-state index contributed by atoms with van der Waals surface area (Å²) < 4.78 is 38.7. The number of carbonyl (C=O) groups excluding carboxylic acids is 2. The van der Waals surface area contributed by atoms with Crippen LogP contribution in [0.25, 0.3) is 10.6 Å². The Balaban J connectivity index is 1.69. The van der Waals surface area contributed by atoms with Gasteiger partial charge in [0.05, 0.1) is 5.56 Å². The molecule has 1 heterocycles. The third-order valence-corrected chi connectivity index (χ3v) is 6.08. The van der Waals surface area contributed by atoms with Crippen LogP contribution in [-0.4, -0.2) is 28.2 Å². The summed E-state index contributed by atoms with van der Waals surface area (Å²) in [5, 5.41) is 16.9. The summed E-state index contributed by atoms with van der Waals surface area (Å²) >= 11 is 7.14. The van der Waals surface area contributed by atoms with Gasteiger partial charge in [0, 0.05) is 16.3 Å². The second-order valence-corrected chi connectivity index (χ2v) is 8.87. The largest absolute Gasteiger partial charge is 0.416 e. The molecule has 7 nitrogen and oxygen atoms in total. The quantitative estimate of drug-likeness (QED) is 0.359. The molecule has 0 aliphatic heterocycles. The van der Waals surface area contributed by atoms with Gasteiger partial charge < -0.3 is 10.6 Å². The summed E-state index contributed by atoms with van der Waals surface area (Å²) in [6.07, 6.45) is -3.98. The topological polar surface area (TPSA) is 96.0 Å². The highest BCUT2D eigenvalue weighted by molar-refractivity contribution is 7.18. The predicted molar refractivity (Wildman–Crippen MR) is 126 cm³/mol. The molecule has 3 aromatic rings. The third-order valence-electron chi connectivity index (χ3n) is 4.96. The number of nitrogens with zero attached hydrogens (tertiary/aromatic N) is 2. The summed E-state index contributed by atoms with van der Waals surface area (Å²) in [5.41, 5.74) is -0.207. The van der Waals surface area contributed by atoms with Crippen LogP contribution in [0.3, 0.4) is 0 Å². The Labute approximate surface area is 202 Å². The first-order chi connectivity index (χ1) is 16.1. The van der Waals surface area contributed by atoms with E-state index in [4.69, 9.17) is 11.6 Å². The molecule has 0 bridgehead atoms. The fourth-order valence-corrected chi connectivity index (χ4v) is 3.91. The van der Waals surface area contributed by atoms with E-state index in [1.165, 1.54) is 12.1 Å². The summed E-state index contributed by atoms with van der Waals surface area (Å²) in [5.74, 6) is -0.796. The van der Waals surface area contributed by atoms with Crippen LogP contribution in [-0.2, 0) is 11.0 Å². The summed E-state index contributed by atoms with van der Waals surface area (Å²) in [6.45, 7) is 3.62. The van der Waals surface area contributed by atoms with Crippen LogP contribution in [0.2, 0.25) is 5.02 Å². The number of rotatable bonds is 7. The molecule has 0 saturated heterocycles. The number of halogens is 4. The van der Waals surface area contributed by atoms with Crippen molar-refractivity contribution in [1.29, 1.82) is 0 Å².